The molecule has 1 rings (SSSR count). The van der Waals surface area contributed by atoms with E-state index in [-0.39, 0.29) is 12.5 Å². The van der Waals surface area contributed by atoms with Crippen LogP contribution in [-0.2, 0) is 11.2 Å². The van der Waals surface area contributed by atoms with Gasteiger partial charge in [0.05, 0.1) is 3.79 Å². The Bertz CT molecular complexity index is 368. The Morgan fingerprint density at radius 1 is 1.56 bits per heavy atom. The van der Waals surface area contributed by atoms with Crippen molar-refractivity contribution >= 4 is 33.2 Å². The highest BCUT2D eigenvalue weighted by Gasteiger charge is 2.05. The molecule has 1 amide bonds. The summed E-state index contributed by atoms with van der Waals surface area (Å²) in [5, 5.41) is 11.7. The van der Waals surface area contributed by atoms with Gasteiger partial charge in [0.1, 0.15) is 0 Å². The number of hydrogen-bond donors (Lipinski definition) is 2. The molecule has 0 saturated heterocycles. The van der Waals surface area contributed by atoms with Gasteiger partial charge >= 0.3 is 0 Å². The lowest BCUT2D eigenvalue weighted by Gasteiger charge is -2.10. The topological polar surface area (TPSA) is 49.3 Å². The highest BCUT2D eigenvalue weighted by atomic mass is 79.9. The Kier molecular flexibility index (Phi) is 7.54. The van der Waals surface area contributed by atoms with Gasteiger partial charge < -0.3 is 10.4 Å². The van der Waals surface area contributed by atoms with Gasteiger partial charge in [-0.05, 0) is 53.2 Å². The quantitative estimate of drug-likeness (QED) is 0.768. The zero-order valence-electron chi connectivity index (χ0n) is 10.6. The minimum Gasteiger partial charge on any atom is -0.396 e. The van der Waals surface area contributed by atoms with Crippen LogP contribution >= 0.6 is 27.3 Å². The van der Waals surface area contributed by atoms with E-state index >= 15 is 0 Å². The summed E-state index contributed by atoms with van der Waals surface area (Å²) >= 11 is 5.15. The van der Waals surface area contributed by atoms with Gasteiger partial charge in [0.2, 0.25) is 5.91 Å². The van der Waals surface area contributed by atoms with Crippen molar-refractivity contribution in [1.29, 1.82) is 0 Å². The molecular formula is C13H20BrNO2S. The summed E-state index contributed by atoms with van der Waals surface area (Å²) in [6.07, 6.45) is 3.15. The SMILES string of the molecule is CC(CCO)CNC(=O)CCCc1ccc(Br)s1. The van der Waals surface area contributed by atoms with Crippen molar-refractivity contribution in [1.82, 2.24) is 5.32 Å². The predicted molar refractivity (Wildman–Crippen MR) is 78.8 cm³/mol. The van der Waals surface area contributed by atoms with E-state index in [4.69, 9.17) is 5.11 Å². The number of carbonyl (C=O) groups is 1. The van der Waals surface area contributed by atoms with Crippen LogP contribution < -0.4 is 5.32 Å². The first kappa shape index (κ1) is 15.7. The van der Waals surface area contributed by atoms with E-state index in [9.17, 15) is 4.79 Å². The third-order valence-corrected chi connectivity index (χ3v) is 4.41. The Morgan fingerprint density at radius 3 is 2.94 bits per heavy atom. The number of carbonyl (C=O) groups excluding carboxylic acids is 1. The van der Waals surface area contributed by atoms with Gasteiger partial charge in [-0.15, -0.1) is 11.3 Å². The van der Waals surface area contributed by atoms with Gasteiger partial charge in [0, 0.05) is 24.4 Å². The first-order valence-electron chi connectivity index (χ1n) is 6.23. The lowest BCUT2D eigenvalue weighted by molar-refractivity contribution is -0.121. The third-order valence-electron chi connectivity index (χ3n) is 2.73. The fourth-order valence-electron chi connectivity index (χ4n) is 1.61. The van der Waals surface area contributed by atoms with Crippen molar-refractivity contribution in [3.05, 3.63) is 20.8 Å². The van der Waals surface area contributed by atoms with Crippen molar-refractivity contribution < 1.29 is 9.90 Å². The van der Waals surface area contributed by atoms with E-state index in [0.29, 0.717) is 18.9 Å². The molecule has 0 aromatic carbocycles. The molecule has 1 atom stereocenters. The summed E-state index contributed by atoms with van der Waals surface area (Å²) in [7, 11) is 0. The molecule has 102 valence electrons. The Morgan fingerprint density at radius 2 is 2.33 bits per heavy atom. The molecule has 1 aromatic rings. The molecule has 1 aromatic heterocycles. The highest BCUT2D eigenvalue weighted by Crippen LogP contribution is 2.23. The van der Waals surface area contributed by atoms with E-state index < -0.39 is 0 Å². The zero-order valence-corrected chi connectivity index (χ0v) is 13.0. The molecule has 0 bridgehead atoms. The molecule has 0 spiro atoms. The smallest absolute Gasteiger partial charge is 0.220 e. The number of halogens is 1. The molecule has 1 unspecified atom stereocenters. The van der Waals surface area contributed by atoms with Gasteiger partial charge in [0.25, 0.3) is 0 Å². The number of aliphatic hydroxyl groups is 1. The van der Waals surface area contributed by atoms with Crippen LogP contribution in [0.25, 0.3) is 0 Å². The molecule has 0 saturated carbocycles. The fourth-order valence-corrected chi connectivity index (χ4v) is 3.13. The molecule has 0 fully saturated rings. The average molecular weight is 334 g/mol. The van der Waals surface area contributed by atoms with Crippen molar-refractivity contribution in [2.75, 3.05) is 13.2 Å². The van der Waals surface area contributed by atoms with Crippen LogP contribution in [-0.4, -0.2) is 24.2 Å². The van der Waals surface area contributed by atoms with Crippen LogP contribution in [0, 0.1) is 5.92 Å². The number of aliphatic hydroxyl groups excluding tert-OH is 1. The molecule has 0 radical (unpaired) electrons. The Hall–Kier alpha value is -0.390. The van der Waals surface area contributed by atoms with Gasteiger partial charge in [-0.2, -0.15) is 0 Å². The van der Waals surface area contributed by atoms with Crippen LogP contribution in [0.3, 0.4) is 0 Å². The maximum Gasteiger partial charge on any atom is 0.220 e. The van der Waals surface area contributed by atoms with Crippen molar-refractivity contribution in [2.45, 2.75) is 32.6 Å². The second-order valence-electron chi connectivity index (χ2n) is 4.48. The summed E-state index contributed by atoms with van der Waals surface area (Å²) in [4.78, 5) is 12.9. The van der Waals surface area contributed by atoms with E-state index in [2.05, 4.69) is 27.3 Å². The standard InChI is InChI=1S/C13H20BrNO2S/c1-10(7-8-16)9-15-13(17)4-2-3-11-5-6-12(14)18-11/h5-6,10,16H,2-4,7-9H2,1H3,(H,15,17). The van der Waals surface area contributed by atoms with Crippen LogP contribution in [0.1, 0.15) is 31.1 Å². The molecule has 0 aliphatic carbocycles. The molecule has 3 nitrogen and oxygen atoms in total. The van der Waals surface area contributed by atoms with Crippen molar-refractivity contribution in [2.24, 2.45) is 5.92 Å². The van der Waals surface area contributed by atoms with E-state index in [1.54, 1.807) is 11.3 Å². The maximum atomic E-state index is 11.6. The van der Waals surface area contributed by atoms with Crippen LogP contribution in [0.5, 0.6) is 0 Å². The lowest BCUT2D eigenvalue weighted by Crippen LogP contribution is -2.28. The third kappa shape index (κ3) is 6.52. The summed E-state index contributed by atoms with van der Waals surface area (Å²) in [6, 6.07) is 4.13. The summed E-state index contributed by atoms with van der Waals surface area (Å²) < 4.78 is 1.14. The summed E-state index contributed by atoms with van der Waals surface area (Å²) in [5.74, 6) is 0.447. The number of thiophene rings is 1. The highest BCUT2D eigenvalue weighted by molar-refractivity contribution is 9.11. The number of rotatable bonds is 8. The molecular weight excluding hydrogens is 314 g/mol. The lowest BCUT2D eigenvalue weighted by atomic mass is 10.1. The molecule has 1 heterocycles. The first-order valence-corrected chi connectivity index (χ1v) is 7.84. The minimum absolute atomic E-state index is 0.107. The van der Waals surface area contributed by atoms with Crippen LogP contribution in [0.2, 0.25) is 0 Å². The second kappa shape index (κ2) is 8.67. The van der Waals surface area contributed by atoms with Crippen LogP contribution in [0.4, 0.5) is 0 Å². The van der Waals surface area contributed by atoms with Crippen LogP contribution in [0.15, 0.2) is 15.9 Å². The molecule has 0 aliphatic heterocycles. The molecule has 0 aliphatic rings. The largest absolute Gasteiger partial charge is 0.396 e. The number of amides is 1. The number of nitrogens with one attached hydrogen (secondary N) is 1. The first-order chi connectivity index (χ1) is 8.61. The fraction of sp³-hybridized carbons (Fsp3) is 0.615. The number of aryl methyl sites for hydroxylation is 1. The monoisotopic (exact) mass is 333 g/mol. The van der Waals surface area contributed by atoms with Gasteiger partial charge in [-0.3, -0.25) is 4.79 Å². The predicted octanol–water partition coefficient (Wildman–Crippen LogP) is 2.97. The summed E-state index contributed by atoms with van der Waals surface area (Å²) in [6.45, 7) is 2.87. The van der Waals surface area contributed by atoms with E-state index in [1.165, 1.54) is 4.88 Å². The van der Waals surface area contributed by atoms with Gasteiger partial charge in [0.15, 0.2) is 0 Å². The molecule has 5 heteroatoms. The molecule has 18 heavy (non-hydrogen) atoms. The van der Waals surface area contributed by atoms with Gasteiger partial charge in [-0.25, -0.2) is 0 Å². The van der Waals surface area contributed by atoms with Gasteiger partial charge in [-0.1, -0.05) is 6.92 Å². The minimum atomic E-state index is 0.107. The summed E-state index contributed by atoms with van der Waals surface area (Å²) in [5.41, 5.74) is 0. The van der Waals surface area contributed by atoms with Crippen molar-refractivity contribution in [3.63, 3.8) is 0 Å². The maximum absolute atomic E-state index is 11.6. The Labute approximate surface area is 121 Å². The van der Waals surface area contributed by atoms with E-state index in [0.717, 1.165) is 23.0 Å². The zero-order chi connectivity index (χ0) is 13.4. The normalized spacial score (nSPS) is 12.4. The number of hydrogen-bond acceptors (Lipinski definition) is 3. The van der Waals surface area contributed by atoms with E-state index in [1.807, 2.05) is 13.0 Å². The molecule has 2 N–H and O–H groups in total. The van der Waals surface area contributed by atoms with Crippen molar-refractivity contribution in [3.8, 4) is 0 Å². The Balaban J connectivity index is 2.10. The second-order valence-corrected chi connectivity index (χ2v) is 7.03. The average Bonchev–Trinajstić information content (AvgIpc) is 2.73.